The average Bonchev–Trinajstić information content (AvgIpc) is 3.51. The molecule has 4 N–H and O–H groups in total. The summed E-state index contributed by atoms with van der Waals surface area (Å²) in [5, 5.41) is 4.36. The van der Waals surface area contributed by atoms with Gasteiger partial charge in [0.15, 0.2) is 0 Å². The summed E-state index contributed by atoms with van der Waals surface area (Å²) in [6, 6.07) is 12.2. The lowest BCUT2D eigenvalue weighted by molar-refractivity contribution is 0.202. The van der Waals surface area contributed by atoms with E-state index in [0.29, 0.717) is 19.0 Å². The smallest absolute Gasteiger partial charge is 0.315 e. The number of H-pyrrole nitrogens is 1. The van der Waals surface area contributed by atoms with Crippen LogP contribution in [0.15, 0.2) is 42.6 Å². The number of thiophene rings is 1. The predicted molar refractivity (Wildman–Crippen MR) is 140 cm³/mol. The number of carbonyl (C=O) groups is 1. The molecule has 10 heteroatoms. The number of aromatic nitrogens is 3. The van der Waals surface area contributed by atoms with Crippen molar-refractivity contribution in [2.75, 3.05) is 50.0 Å². The molecule has 1 saturated heterocycles. The Morgan fingerprint density at radius 3 is 2.66 bits per heavy atom. The maximum Gasteiger partial charge on any atom is 0.315 e. The number of urea groups is 1. The van der Waals surface area contributed by atoms with E-state index in [-0.39, 0.29) is 6.03 Å². The molecule has 0 spiro atoms. The summed E-state index contributed by atoms with van der Waals surface area (Å²) in [5.74, 6) is 0.549. The van der Waals surface area contributed by atoms with E-state index in [1.54, 1.807) is 16.2 Å². The third kappa shape index (κ3) is 4.30. The highest BCUT2D eigenvalue weighted by Crippen LogP contribution is 2.37. The first-order valence-corrected chi connectivity index (χ1v) is 12.7. The zero-order valence-corrected chi connectivity index (χ0v) is 20.4. The van der Waals surface area contributed by atoms with Gasteiger partial charge in [-0.3, -0.25) is 0 Å². The molecule has 35 heavy (non-hydrogen) atoms. The van der Waals surface area contributed by atoms with Gasteiger partial charge in [0.1, 0.15) is 5.65 Å². The van der Waals surface area contributed by atoms with Gasteiger partial charge in [0.05, 0.1) is 10.6 Å². The molecule has 9 nitrogen and oxygen atoms in total. The van der Waals surface area contributed by atoms with Crippen LogP contribution >= 0.6 is 11.3 Å². The van der Waals surface area contributed by atoms with E-state index in [2.05, 4.69) is 57.5 Å². The van der Waals surface area contributed by atoms with Crippen molar-refractivity contribution in [3.05, 3.63) is 53.0 Å². The number of hydrogen-bond donors (Lipinski definition) is 3. The number of benzene rings is 1. The summed E-state index contributed by atoms with van der Waals surface area (Å²) in [6.45, 7) is 5.46. The van der Waals surface area contributed by atoms with Gasteiger partial charge in [-0.2, -0.15) is 4.98 Å². The van der Waals surface area contributed by atoms with Crippen molar-refractivity contribution in [3.8, 4) is 10.6 Å². The number of nitrogens with one attached hydrogen (secondary N) is 2. The van der Waals surface area contributed by atoms with Crippen molar-refractivity contribution in [3.63, 3.8) is 0 Å². The second-order valence-electron chi connectivity index (χ2n) is 9.17. The fraction of sp³-hybridized carbons (Fsp3) is 0.320. The van der Waals surface area contributed by atoms with E-state index >= 15 is 0 Å². The Hall–Kier alpha value is -3.63. The van der Waals surface area contributed by atoms with Crippen LogP contribution in [-0.2, 0) is 13.0 Å². The Kier molecular flexibility index (Phi) is 5.54. The number of likely N-dealkylation sites (N-methyl/N-ethyl adjacent to an activating group) is 1. The standard InChI is InChI=1S/C25H28N8OS/c1-31-10-12-32(13-11-31)18-4-2-17(3-5-18)28-25-29-22(19-6-8-27-23(19)30-25)21-14-16-15-33(24(26)34)9-7-20(16)35-21/h2-6,8,14H,7,9-13,15H2,1H3,(H2,26,34)(H2,27,28,29,30). The highest BCUT2D eigenvalue weighted by molar-refractivity contribution is 7.15. The van der Waals surface area contributed by atoms with Crippen LogP contribution in [0.2, 0.25) is 0 Å². The second kappa shape index (κ2) is 8.86. The summed E-state index contributed by atoms with van der Waals surface area (Å²) in [7, 11) is 2.17. The monoisotopic (exact) mass is 488 g/mol. The highest BCUT2D eigenvalue weighted by Gasteiger charge is 2.23. The number of primary amides is 1. The number of amides is 2. The SMILES string of the molecule is CN1CCN(c2ccc(Nc3nc(-c4cc5c(s4)CCN(C(N)=O)C5)c4cc[nH]c4n3)cc2)CC1. The lowest BCUT2D eigenvalue weighted by Gasteiger charge is -2.34. The Balaban J connectivity index is 1.26. The minimum atomic E-state index is -0.372. The average molecular weight is 489 g/mol. The molecule has 0 bridgehead atoms. The molecular weight excluding hydrogens is 460 g/mol. The maximum atomic E-state index is 11.6. The summed E-state index contributed by atoms with van der Waals surface area (Å²) < 4.78 is 0. The molecule has 2 aliphatic rings. The number of carbonyl (C=O) groups excluding carboxylic acids is 1. The molecule has 3 aromatic heterocycles. The number of fused-ring (bicyclic) bond motifs is 2. The topological polar surface area (TPSA) is 106 Å². The first-order valence-electron chi connectivity index (χ1n) is 11.9. The quantitative estimate of drug-likeness (QED) is 0.405. The largest absolute Gasteiger partial charge is 0.369 e. The molecule has 0 saturated carbocycles. The van der Waals surface area contributed by atoms with Crippen molar-refractivity contribution in [1.29, 1.82) is 0 Å². The third-order valence-corrected chi connectivity index (χ3v) is 8.06. The highest BCUT2D eigenvalue weighted by atomic mass is 32.1. The molecule has 0 aliphatic carbocycles. The number of nitrogens with two attached hydrogens (primary N) is 1. The van der Waals surface area contributed by atoms with Crippen molar-refractivity contribution in [1.82, 2.24) is 24.8 Å². The van der Waals surface area contributed by atoms with Gasteiger partial charge in [-0.1, -0.05) is 0 Å². The van der Waals surface area contributed by atoms with Gasteiger partial charge in [-0.25, -0.2) is 9.78 Å². The molecule has 5 heterocycles. The van der Waals surface area contributed by atoms with Crippen LogP contribution in [-0.4, -0.2) is 70.6 Å². The number of piperazine rings is 1. The number of hydrogen-bond acceptors (Lipinski definition) is 7. The Morgan fingerprint density at radius 2 is 1.89 bits per heavy atom. The first-order chi connectivity index (χ1) is 17.0. The molecule has 0 unspecified atom stereocenters. The number of anilines is 3. The fourth-order valence-corrected chi connectivity index (χ4v) is 5.94. The number of rotatable bonds is 4. The van der Waals surface area contributed by atoms with E-state index in [1.807, 2.05) is 12.3 Å². The molecule has 2 amide bonds. The van der Waals surface area contributed by atoms with Crippen molar-refractivity contribution in [2.45, 2.75) is 13.0 Å². The van der Waals surface area contributed by atoms with Gasteiger partial charge in [-0.15, -0.1) is 11.3 Å². The van der Waals surface area contributed by atoms with E-state index < -0.39 is 0 Å². The molecule has 1 fully saturated rings. The minimum absolute atomic E-state index is 0.372. The number of aromatic amines is 1. The van der Waals surface area contributed by atoms with Gasteiger partial charge < -0.3 is 30.7 Å². The predicted octanol–water partition coefficient (Wildman–Crippen LogP) is 3.62. The minimum Gasteiger partial charge on any atom is -0.369 e. The van der Waals surface area contributed by atoms with Crippen LogP contribution < -0.4 is 16.0 Å². The molecule has 180 valence electrons. The van der Waals surface area contributed by atoms with E-state index in [0.717, 1.165) is 65.5 Å². The summed E-state index contributed by atoms with van der Waals surface area (Å²) >= 11 is 1.73. The summed E-state index contributed by atoms with van der Waals surface area (Å²) in [6.07, 6.45) is 2.70. The van der Waals surface area contributed by atoms with Gasteiger partial charge in [0, 0.05) is 67.1 Å². The lowest BCUT2D eigenvalue weighted by Crippen LogP contribution is -2.44. The normalized spacial score (nSPS) is 16.5. The van der Waals surface area contributed by atoms with E-state index in [9.17, 15) is 4.79 Å². The Bertz CT molecular complexity index is 1370. The van der Waals surface area contributed by atoms with Crippen LogP contribution in [0.4, 0.5) is 22.1 Å². The Morgan fingerprint density at radius 1 is 1.09 bits per heavy atom. The number of nitrogens with zero attached hydrogens (tertiary/aromatic N) is 5. The van der Waals surface area contributed by atoms with E-state index in [4.69, 9.17) is 15.7 Å². The van der Waals surface area contributed by atoms with Gasteiger partial charge in [0.25, 0.3) is 0 Å². The Labute approximate surface area is 207 Å². The third-order valence-electron chi connectivity index (χ3n) is 6.82. The zero-order valence-electron chi connectivity index (χ0n) is 19.6. The van der Waals surface area contributed by atoms with Crippen LogP contribution in [0.25, 0.3) is 21.6 Å². The lowest BCUT2D eigenvalue weighted by atomic mass is 10.1. The molecule has 1 aromatic carbocycles. The molecule has 0 radical (unpaired) electrons. The van der Waals surface area contributed by atoms with Gasteiger partial charge in [-0.05, 0) is 55.4 Å². The molecule has 6 rings (SSSR count). The summed E-state index contributed by atoms with van der Waals surface area (Å²) in [5.41, 5.74) is 10.5. The maximum absolute atomic E-state index is 11.6. The fourth-order valence-electron chi connectivity index (χ4n) is 4.77. The first kappa shape index (κ1) is 21.9. The van der Waals surface area contributed by atoms with Crippen LogP contribution in [0.3, 0.4) is 0 Å². The van der Waals surface area contributed by atoms with Crippen molar-refractivity contribution < 1.29 is 4.79 Å². The zero-order chi connectivity index (χ0) is 23.9. The van der Waals surface area contributed by atoms with Crippen molar-refractivity contribution >= 4 is 45.7 Å². The van der Waals surface area contributed by atoms with Gasteiger partial charge >= 0.3 is 6.03 Å². The molecule has 2 aliphatic heterocycles. The van der Waals surface area contributed by atoms with Crippen LogP contribution in [0, 0.1) is 0 Å². The van der Waals surface area contributed by atoms with Gasteiger partial charge in [0.2, 0.25) is 5.95 Å². The molecule has 4 aromatic rings. The van der Waals surface area contributed by atoms with Crippen LogP contribution in [0.5, 0.6) is 0 Å². The molecular formula is C25H28N8OS. The van der Waals surface area contributed by atoms with E-state index in [1.165, 1.54) is 10.6 Å². The second-order valence-corrected chi connectivity index (χ2v) is 10.3. The summed E-state index contributed by atoms with van der Waals surface area (Å²) in [4.78, 5) is 33.3. The molecule has 0 atom stereocenters. The van der Waals surface area contributed by atoms with Crippen LogP contribution in [0.1, 0.15) is 10.4 Å². The van der Waals surface area contributed by atoms with Crippen molar-refractivity contribution in [2.24, 2.45) is 5.73 Å².